The quantitative estimate of drug-likeness (QED) is 0.507. The van der Waals surface area contributed by atoms with Crippen molar-refractivity contribution in [3.63, 3.8) is 0 Å². The molecule has 4 heteroatoms. The maximum atomic E-state index is 13.0. The molecule has 0 aromatic heterocycles. The smallest absolute Gasteiger partial charge is 0.345 e. The summed E-state index contributed by atoms with van der Waals surface area (Å²) in [5.41, 5.74) is -0.768. The van der Waals surface area contributed by atoms with Gasteiger partial charge in [0.2, 0.25) is 11.4 Å². The third-order valence-electron chi connectivity index (χ3n) is 6.90. The van der Waals surface area contributed by atoms with Crippen LogP contribution in [0.25, 0.3) is 0 Å². The summed E-state index contributed by atoms with van der Waals surface area (Å²) in [6, 6.07) is 0. The van der Waals surface area contributed by atoms with Crippen molar-refractivity contribution in [3.05, 3.63) is 0 Å². The standard InChI is InChI=1S/C17H24O4/c18-15-17(21-20-16(19-15)4-2-1-3-5-16)13-7-11-6-12(9-13)10-14(17)8-11/h11-14H,1-10H2. The maximum Gasteiger partial charge on any atom is 0.345 e. The third kappa shape index (κ3) is 1.66. The highest BCUT2D eigenvalue weighted by Gasteiger charge is 2.67. The summed E-state index contributed by atoms with van der Waals surface area (Å²) in [5, 5.41) is 0. The Bertz CT molecular complexity index is 437. The summed E-state index contributed by atoms with van der Waals surface area (Å²) < 4.78 is 5.91. The van der Waals surface area contributed by atoms with E-state index in [0.717, 1.165) is 63.2 Å². The highest BCUT2D eigenvalue weighted by molar-refractivity contribution is 5.81. The van der Waals surface area contributed by atoms with E-state index >= 15 is 0 Å². The van der Waals surface area contributed by atoms with Crippen LogP contribution in [-0.2, 0) is 19.3 Å². The van der Waals surface area contributed by atoms with E-state index in [0.29, 0.717) is 11.8 Å². The minimum absolute atomic E-state index is 0.107. The van der Waals surface area contributed by atoms with Crippen LogP contribution in [0.1, 0.15) is 64.2 Å². The van der Waals surface area contributed by atoms with Gasteiger partial charge in [0.05, 0.1) is 0 Å². The molecule has 1 heterocycles. The molecular formula is C17H24O4. The first-order chi connectivity index (χ1) is 10.2. The molecule has 4 bridgehead atoms. The Hall–Kier alpha value is -0.610. The Morgan fingerprint density at radius 2 is 1.43 bits per heavy atom. The molecule has 1 aliphatic heterocycles. The number of carbonyl (C=O) groups excluding carboxylic acids is 1. The normalized spacial score (nSPS) is 50.6. The molecule has 21 heavy (non-hydrogen) atoms. The largest absolute Gasteiger partial charge is 0.428 e. The van der Waals surface area contributed by atoms with Gasteiger partial charge in [0.15, 0.2) is 0 Å². The molecule has 0 aromatic carbocycles. The van der Waals surface area contributed by atoms with Crippen LogP contribution < -0.4 is 0 Å². The van der Waals surface area contributed by atoms with Gasteiger partial charge in [-0.05, 0) is 56.8 Å². The van der Waals surface area contributed by atoms with Crippen molar-refractivity contribution in [1.82, 2.24) is 0 Å². The number of rotatable bonds is 0. The zero-order valence-electron chi connectivity index (χ0n) is 12.5. The SMILES string of the molecule is O=C1OC2(CCCCC2)OOC12C1CC3CC(C1)CC2C3. The Kier molecular flexibility index (Phi) is 2.59. The summed E-state index contributed by atoms with van der Waals surface area (Å²) in [6.45, 7) is 0. The summed E-state index contributed by atoms with van der Waals surface area (Å²) in [4.78, 5) is 24.7. The number of carbonyl (C=O) groups is 1. The molecule has 116 valence electrons. The summed E-state index contributed by atoms with van der Waals surface area (Å²) in [6.07, 6.45) is 10.7. The van der Waals surface area contributed by atoms with Crippen LogP contribution in [0, 0.1) is 23.7 Å². The lowest BCUT2D eigenvalue weighted by atomic mass is 9.49. The lowest BCUT2D eigenvalue weighted by Gasteiger charge is -2.60. The van der Waals surface area contributed by atoms with Crippen LogP contribution in [0.4, 0.5) is 0 Å². The molecule has 6 rings (SSSR count). The molecule has 2 spiro atoms. The van der Waals surface area contributed by atoms with Gasteiger partial charge in [-0.1, -0.05) is 6.42 Å². The van der Waals surface area contributed by atoms with Gasteiger partial charge in [0, 0.05) is 24.7 Å². The Morgan fingerprint density at radius 3 is 2.00 bits per heavy atom. The number of hydrogen-bond acceptors (Lipinski definition) is 4. The first-order valence-electron chi connectivity index (χ1n) is 8.80. The molecular weight excluding hydrogens is 268 g/mol. The molecule has 0 unspecified atom stereocenters. The van der Waals surface area contributed by atoms with Crippen molar-refractivity contribution in [3.8, 4) is 0 Å². The van der Waals surface area contributed by atoms with E-state index in [2.05, 4.69) is 0 Å². The van der Waals surface area contributed by atoms with Gasteiger partial charge in [0.25, 0.3) is 0 Å². The van der Waals surface area contributed by atoms with Crippen molar-refractivity contribution in [1.29, 1.82) is 0 Å². The number of ether oxygens (including phenoxy) is 1. The van der Waals surface area contributed by atoms with Crippen LogP contribution in [0.5, 0.6) is 0 Å². The number of hydrogen-bond donors (Lipinski definition) is 0. The first-order valence-corrected chi connectivity index (χ1v) is 8.80. The molecule has 1 saturated heterocycles. The minimum atomic E-state index is -0.769. The van der Waals surface area contributed by atoms with E-state index in [-0.39, 0.29) is 5.97 Å². The summed E-state index contributed by atoms with van der Waals surface area (Å²) in [5.74, 6) is 1.38. The minimum Gasteiger partial charge on any atom is -0.428 e. The Labute approximate surface area is 125 Å². The van der Waals surface area contributed by atoms with E-state index in [9.17, 15) is 4.79 Å². The average molecular weight is 292 g/mol. The highest BCUT2D eigenvalue weighted by Crippen LogP contribution is 2.61. The second-order valence-corrected chi connectivity index (χ2v) is 8.13. The van der Waals surface area contributed by atoms with Gasteiger partial charge < -0.3 is 4.74 Å². The fourth-order valence-electron chi connectivity index (χ4n) is 6.07. The maximum absolute atomic E-state index is 13.0. The van der Waals surface area contributed by atoms with Crippen LogP contribution in [0.3, 0.4) is 0 Å². The van der Waals surface area contributed by atoms with E-state index in [1.807, 2.05) is 0 Å². The lowest BCUT2D eigenvalue weighted by Crippen LogP contribution is -2.68. The van der Waals surface area contributed by atoms with Crippen molar-refractivity contribution in [2.75, 3.05) is 0 Å². The van der Waals surface area contributed by atoms with Crippen molar-refractivity contribution in [2.24, 2.45) is 23.7 Å². The molecule has 5 aliphatic carbocycles. The van der Waals surface area contributed by atoms with Crippen molar-refractivity contribution >= 4 is 5.97 Å². The topological polar surface area (TPSA) is 44.8 Å². The zero-order chi connectivity index (χ0) is 14.1. The van der Waals surface area contributed by atoms with Gasteiger partial charge in [-0.2, -0.15) is 4.89 Å². The molecule has 0 amide bonds. The first kappa shape index (κ1) is 12.9. The monoisotopic (exact) mass is 292 g/mol. The van der Waals surface area contributed by atoms with E-state index in [1.54, 1.807) is 0 Å². The summed E-state index contributed by atoms with van der Waals surface area (Å²) in [7, 11) is 0. The molecule has 6 aliphatic rings. The fourth-order valence-corrected chi connectivity index (χ4v) is 6.07. The van der Waals surface area contributed by atoms with Gasteiger partial charge in [-0.25, -0.2) is 9.68 Å². The molecule has 0 radical (unpaired) electrons. The van der Waals surface area contributed by atoms with Crippen LogP contribution in [0.15, 0.2) is 0 Å². The highest BCUT2D eigenvalue weighted by atomic mass is 17.3. The van der Waals surface area contributed by atoms with Crippen molar-refractivity contribution in [2.45, 2.75) is 75.6 Å². The van der Waals surface area contributed by atoms with E-state index in [1.165, 1.54) is 12.8 Å². The molecule has 4 nitrogen and oxygen atoms in total. The number of esters is 1. The predicted octanol–water partition coefficient (Wildman–Crippen LogP) is 3.35. The van der Waals surface area contributed by atoms with Gasteiger partial charge in [-0.3, -0.25) is 0 Å². The molecule has 0 atom stereocenters. The van der Waals surface area contributed by atoms with Crippen LogP contribution in [0.2, 0.25) is 0 Å². The predicted molar refractivity (Wildman–Crippen MR) is 73.9 cm³/mol. The third-order valence-corrected chi connectivity index (χ3v) is 6.90. The van der Waals surface area contributed by atoms with Crippen LogP contribution in [-0.4, -0.2) is 17.4 Å². The zero-order valence-corrected chi connectivity index (χ0v) is 12.5. The molecule has 0 N–H and O–H groups in total. The summed E-state index contributed by atoms with van der Waals surface area (Å²) >= 11 is 0. The fraction of sp³-hybridized carbons (Fsp3) is 0.941. The van der Waals surface area contributed by atoms with Crippen molar-refractivity contribution < 1.29 is 19.3 Å². The van der Waals surface area contributed by atoms with Gasteiger partial charge in [0.1, 0.15) is 0 Å². The molecule has 5 saturated carbocycles. The van der Waals surface area contributed by atoms with Gasteiger partial charge >= 0.3 is 5.97 Å². The van der Waals surface area contributed by atoms with Crippen LogP contribution >= 0.6 is 0 Å². The molecule has 6 fully saturated rings. The second kappa shape index (κ2) is 4.23. The van der Waals surface area contributed by atoms with Gasteiger partial charge in [-0.15, -0.1) is 0 Å². The molecule has 0 aromatic rings. The average Bonchev–Trinajstić information content (AvgIpc) is 2.46. The lowest BCUT2D eigenvalue weighted by molar-refractivity contribution is -0.506. The Balaban J connectivity index is 1.44. The second-order valence-electron chi connectivity index (χ2n) is 8.13. The Morgan fingerprint density at radius 1 is 0.810 bits per heavy atom. The van der Waals surface area contributed by atoms with E-state index < -0.39 is 11.4 Å². The van der Waals surface area contributed by atoms with E-state index in [4.69, 9.17) is 14.5 Å².